The third kappa shape index (κ3) is 3.94. The highest BCUT2D eigenvalue weighted by molar-refractivity contribution is 8.18. The lowest BCUT2D eigenvalue weighted by atomic mass is 10.1. The van der Waals surface area contributed by atoms with E-state index >= 15 is 0 Å². The third-order valence-corrected chi connectivity index (χ3v) is 6.17. The number of rotatable bonds is 6. The lowest BCUT2D eigenvalue weighted by Gasteiger charge is -2.12. The largest absolute Gasteiger partial charge is 0.454 e. The number of hydrogen-bond donors (Lipinski definition) is 2. The van der Waals surface area contributed by atoms with Crippen LogP contribution < -0.4 is 14.8 Å². The van der Waals surface area contributed by atoms with Gasteiger partial charge in [0, 0.05) is 23.6 Å². The number of fused-ring (bicyclic) bond motifs is 2. The molecule has 1 fully saturated rings. The number of nitrogens with zero attached hydrogens (tertiary/aromatic N) is 1. The highest BCUT2D eigenvalue weighted by Gasteiger charge is 2.36. The number of amides is 3. The fourth-order valence-corrected chi connectivity index (χ4v) is 4.50. The van der Waals surface area contributed by atoms with Gasteiger partial charge in [0.05, 0.1) is 4.91 Å². The van der Waals surface area contributed by atoms with Crippen molar-refractivity contribution in [2.24, 2.45) is 0 Å². The summed E-state index contributed by atoms with van der Waals surface area (Å²) in [4.78, 5) is 41.8. The minimum absolute atomic E-state index is 0.157. The second-order valence-electron chi connectivity index (χ2n) is 7.34. The van der Waals surface area contributed by atoms with E-state index in [1.807, 2.05) is 30.5 Å². The lowest BCUT2D eigenvalue weighted by molar-refractivity contribution is -0.129. The highest BCUT2D eigenvalue weighted by atomic mass is 32.2. The van der Waals surface area contributed by atoms with Gasteiger partial charge in [-0.15, -0.1) is 0 Å². The van der Waals surface area contributed by atoms with E-state index in [9.17, 15) is 14.4 Å². The van der Waals surface area contributed by atoms with Gasteiger partial charge in [-0.3, -0.25) is 19.3 Å². The monoisotopic (exact) mass is 449 g/mol. The molecule has 2 aromatic carbocycles. The number of hydrogen-bond acceptors (Lipinski definition) is 6. The molecule has 32 heavy (non-hydrogen) atoms. The van der Waals surface area contributed by atoms with Crippen molar-refractivity contribution in [1.82, 2.24) is 15.2 Å². The minimum Gasteiger partial charge on any atom is -0.454 e. The second kappa shape index (κ2) is 8.43. The first-order valence-electron chi connectivity index (χ1n) is 10.1. The van der Waals surface area contributed by atoms with Gasteiger partial charge in [-0.2, -0.15) is 0 Å². The number of benzene rings is 2. The van der Waals surface area contributed by atoms with Crippen LogP contribution in [0.4, 0.5) is 4.79 Å². The zero-order valence-corrected chi connectivity index (χ0v) is 17.7. The van der Waals surface area contributed by atoms with Gasteiger partial charge in [0.25, 0.3) is 11.1 Å². The average Bonchev–Trinajstić information content (AvgIpc) is 3.49. The van der Waals surface area contributed by atoms with E-state index < -0.39 is 11.1 Å². The average molecular weight is 449 g/mol. The van der Waals surface area contributed by atoms with Gasteiger partial charge in [0.2, 0.25) is 12.7 Å². The van der Waals surface area contributed by atoms with Crippen molar-refractivity contribution in [3.8, 4) is 11.5 Å². The molecule has 0 unspecified atom stereocenters. The molecule has 162 valence electrons. The maximum atomic E-state index is 12.7. The number of H-pyrrole nitrogens is 1. The summed E-state index contributed by atoms with van der Waals surface area (Å²) in [7, 11) is 0. The Hall–Kier alpha value is -3.72. The molecule has 2 N–H and O–H groups in total. The van der Waals surface area contributed by atoms with Crippen molar-refractivity contribution in [1.29, 1.82) is 0 Å². The van der Waals surface area contributed by atoms with Crippen LogP contribution in [0.2, 0.25) is 0 Å². The van der Waals surface area contributed by atoms with Gasteiger partial charge < -0.3 is 19.8 Å². The van der Waals surface area contributed by atoms with E-state index in [2.05, 4.69) is 10.3 Å². The fourth-order valence-electron chi connectivity index (χ4n) is 3.67. The first-order chi connectivity index (χ1) is 15.6. The number of thioether (sulfide) groups is 1. The first kappa shape index (κ1) is 20.2. The number of carbonyl (C=O) groups excluding carboxylic acids is 3. The predicted octanol–water partition coefficient (Wildman–Crippen LogP) is 3.29. The van der Waals surface area contributed by atoms with Crippen molar-refractivity contribution in [2.75, 3.05) is 19.9 Å². The van der Waals surface area contributed by atoms with Crippen LogP contribution in [0.15, 0.2) is 53.6 Å². The zero-order chi connectivity index (χ0) is 22.1. The quantitative estimate of drug-likeness (QED) is 0.560. The SMILES string of the molecule is O=C(CN1C(=O)SC(=Cc2ccc3c(c2)OCO3)C1=O)NCCc1c[nH]c2ccccc12. The van der Waals surface area contributed by atoms with Crippen molar-refractivity contribution >= 4 is 45.8 Å². The van der Waals surface area contributed by atoms with Gasteiger partial charge in [0.15, 0.2) is 11.5 Å². The van der Waals surface area contributed by atoms with Gasteiger partial charge in [-0.1, -0.05) is 24.3 Å². The molecule has 0 atom stereocenters. The molecule has 0 spiro atoms. The predicted molar refractivity (Wildman–Crippen MR) is 120 cm³/mol. The van der Waals surface area contributed by atoms with E-state index in [1.54, 1.807) is 24.3 Å². The number of imide groups is 1. The van der Waals surface area contributed by atoms with Crippen LogP contribution in [-0.4, -0.2) is 46.8 Å². The Balaban J connectivity index is 1.18. The first-order valence-corrected chi connectivity index (χ1v) is 10.9. The Morgan fingerprint density at radius 1 is 1.16 bits per heavy atom. The molecule has 5 rings (SSSR count). The van der Waals surface area contributed by atoms with Crippen molar-refractivity contribution in [3.05, 3.63) is 64.7 Å². The molecule has 0 bridgehead atoms. The summed E-state index contributed by atoms with van der Waals surface area (Å²) in [6.45, 7) is 0.256. The lowest BCUT2D eigenvalue weighted by Crippen LogP contribution is -2.40. The summed E-state index contributed by atoms with van der Waals surface area (Å²) < 4.78 is 10.6. The fraction of sp³-hybridized carbons (Fsp3) is 0.174. The molecule has 2 aliphatic heterocycles. The Labute approximate surface area is 187 Å². The van der Waals surface area contributed by atoms with Crippen LogP contribution in [0.25, 0.3) is 17.0 Å². The maximum Gasteiger partial charge on any atom is 0.294 e. The van der Waals surface area contributed by atoms with Crippen LogP contribution in [-0.2, 0) is 16.0 Å². The molecule has 2 aliphatic rings. The Kier molecular flexibility index (Phi) is 5.32. The molecule has 3 amide bonds. The summed E-state index contributed by atoms with van der Waals surface area (Å²) in [6.07, 6.45) is 4.18. The van der Waals surface area contributed by atoms with Crippen LogP contribution >= 0.6 is 11.8 Å². The highest BCUT2D eigenvalue weighted by Crippen LogP contribution is 2.36. The molecule has 3 heterocycles. The van der Waals surface area contributed by atoms with Crippen LogP contribution in [0, 0.1) is 0 Å². The molecule has 1 saturated heterocycles. The van der Waals surface area contributed by atoms with Crippen molar-refractivity contribution in [2.45, 2.75) is 6.42 Å². The number of ether oxygens (including phenoxy) is 2. The second-order valence-corrected chi connectivity index (χ2v) is 8.33. The number of para-hydroxylation sites is 1. The molecule has 3 aromatic rings. The van der Waals surface area contributed by atoms with Crippen molar-refractivity contribution in [3.63, 3.8) is 0 Å². The van der Waals surface area contributed by atoms with Crippen molar-refractivity contribution < 1.29 is 23.9 Å². The van der Waals surface area contributed by atoms with E-state index in [-0.39, 0.29) is 24.2 Å². The van der Waals surface area contributed by atoms with Gasteiger partial charge in [-0.25, -0.2) is 0 Å². The standard InChI is InChI=1S/C23H19N3O5S/c27-21(24-8-7-15-11-25-17-4-2-1-3-16(15)17)12-26-22(28)20(32-23(26)29)10-14-5-6-18-19(9-14)31-13-30-18/h1-6,9-11,25H,7-8,12-13H2,(H,24,27). The van der Waals surface area contributed by atoms with Gasteiger partial charge >= 0.3 is 0 Å². The van der Waals surface area contributed by atoms with E-state index in [0.29, 0.717) is 30.0 Å². The number of aromatic nitrogens is 1. The maximum absolute atomic E-state index is 12.7. The third-order valence-electron chi connectivity index (χ3n) is 5.26. The summed E-state index contributed by atoms with van der Waals surface area (Å²) in [5.41, 5.74) is 2.85. The van der Waals surface area contributed by atoms with E-state index in [0.717, 1.165) is 33.1 Å². The van der Waals surface area contributed by atoms with E-state index in [1.165, 1.54) is 0 Å². The smallest absolute Gasteiger partial charge is 0.294 e. The molecule has 0 aliphatic carbocycles. The molecular formula is C23H19N3O5S. The zero-order valence-electron chi connectivity index (χ0n) is 16.9. The summed E-state index contributed by atoms with van der Waals surface area (Å²) in [5.74, 6) is 0.369. The molecular weight excluding hydrogens is 430 g/mol. The summed E-state index contributed by atoms with van der Waals surface area (Å²) >= 11 is 0.818. The molecule has 9 heteroatoms. The van der Waals surface area contributed by atoms with Gasteiger partial charge in [0.1, 0.15) is 6.54 Å². The number of aromatic amines is 1. The summed E-state index contributed by atoms with van der Waals surface area (Å²) in [6, 6.07) is 13.2. The summed E-state index contributed by atoms with van der Waals surface area (Å²) in [5, 5.41) is 3.44. The van der Waals surface area contributed by atoms with Crippen LogP contribution in [0.3, 0.4) is 0 Å². The topological polar surface area (TPSA) is 101 Å². The normalized spacial score (nSPS) is 16.4. The molecule has 0 radical (unpaired) electrons. The molecule has 8 nitrogen and oxygen atoms in total. The minimum atomic E-state index is -0.482. The Morgan fingerprint density at radius 3 is 2.91 bits per heavy atom. The van der Waals surface area contributed by atoms with Crippen LogP contribution in [0.1, 0.15) is 11.1 Å². The number of carbonyl (C=O) groups is 3. The van der Waals surface area contributed by atoms with E-state index in [4.69, 9.17) is 9.47 Å². The number of nitrogens with one attached hydrogen (secondary N) is 2. The molecule has 0 saturated carbocycles. The Morgan fingerprint density at radius 2 is 2.00 bits per heavy atom. The van der Waals surface area contributed by atoms with Crippen LogP contribution in [0.5, 0.6) is 11.5 Å². The Bertz CT molecular complexity index is 1270. The molecule has 1 aromatic heterocycles. The van der Waals surface area contributed by atoms with Gasteiger partial charge in [-0.05, 0) is 53.6 Å².